The third kappa shape index (κ3) is 4.86. The van der Waals surface area contributed by atoms with Gasteiger partial charge in [-0.3, -0.25) is 9.59 Å². The number of H-pyrrole nitrogens is 1. The van der Waals surface area contributed by atoms with Crippen molar-refractivity contribution in [1.29, 1.82) is 0 Å². The third-order valence-corrected chi connectivity index (χ3v) is 5.28. The van der Waals surface area contributed by atoms with Gasteiger partial charge in [0.25, 0.3) is 5.56 Å². The van der Waals surface area contributed by atoms with Crippen LogP contribution in [0.5, 0.6) is 0 Å². The Morgan fingerprint density at radius 2 is 1.84 bits per heavy atom. The van der Waals surface area contributed by atoms with Crippen LogP contribution < -0.4 is 10.9 Å². The number of likely N-dealkylation sites (N-methyl/N-ethyl adjacent to an activating group) is 1. The van der Waals surface area contributed by atoms with Crippen LogP contribution in [0.1, 0.15) is 18.5 Å². The molecule has 0 aliphatic heterocycles. The second-order valence-electron chi connectivity index (χ2n) is 7.27. The first-order valence-corrected chi connectivity index (χ1v) is 9.90. The predicted molar refractivity (Wildman–Crippen MR) is 119 cm³/mol. The second-order valence-corrected chi connectivity index (χ2v) is 7.68. The Morgan fingerprint density at radius 3 is 2.48 bits per heavy atom. The molecule has 162 valence electrons. The van der Waals surface area contributed by atoms with Crippen molar-refractivity contribution in [3.63, 3.8) is 0 Å². The Kier molecular flexibility index (Phi) is 6.60. The lowest BCUT2D eigenvalue weighted by molar-refractivity contribution is -0.129. The number of hydrogen-bond donors (Lipinski definition) is 2. The van der Waals surface area contributed by atoms with Gasteiger partial charge in [0.15, 0.2) is 0 Å². The molecule has 2 aromatic carbocycles. The van der Waals surface area contributed by atoms with Crippen molar-refractivity contribution >= 4 is 40.0 Å². The maximum atomic E-state index is 13.5. The molecular weight excluding hydrogens is 423 g/mol. The Balaban J connectivity index is 1.99. The largest absolute Gasteiger partial charge is 0.347 e. The number of carbonyl (C=O) groups is 2. The highest BCUT2D eigenvalue weighted by atomic mass is 35.5. The van der Waals surface area contributed by atoms with E-state index in [1.165, 1.54) is 21.9 Å². The van der Waals surface area contributed by atoms with E-state index in [-0.39, 0.29) is 28.7 Å². The molecule has 0 saturated heterocycles. The minimum atomic E-state index is -0.604. The van der Waals surface area contributed by atoms with Gasteiger partial charge in [-0.25, -0.2) is 9.18 Å². The summed E-state index contributed by atoms with van der Waals surface area (Å²) in [5.41, 5.74) is 0.721. The number of carbonyl (C=O) groups excluding carboxylic acids is 2. The SMILES string of the molecule is C[C@@H](c1c[nH]c(=O)c2ccccc12)N(CC(=O)N(C)C)C(=O)Nc1ccc(F)c(Cl)c1. The lowest BCUT2D eigenvalue weighted by atomic mass is 10.0. The van der Waals surface area contributed by atoms with E-state index in [1.807, 2.05) is 0 Å². The van der Waals surface area contributed by atoms with Crippen LogP contribution in [0.4, 0.5) is 14.9 Å². The summed E-state index contributed by atoms with van der Waals surface area (Å²) in [6, 6.07) is 9.72. The normalized spacial score (nSPS) is 11.8. The van der Waals surface area contributed by atoms with E-state index in [0.717, 1.165) is 6.07 Å². The highest BCUT2D eigenvalue weighted by Crippen LogP contribution is 2.27. The highest BCUT2D eigenvalue weighted by Gasteiger charge is 2.26. The summed E-state index contributed by atoms with van der Waals surface area (Å²) in [7, 11) is 3.19. The van der Waals surface area contributed by atoms with Crippen molar-refractivity contribution in [3.05, 3.63) is 75.4 Å². The van der Waals surface area contributed by atoms with Crippen molar-refractivity contribution in [2.45, 2.75) is 13.0 Å². The van der Waals surface area contributed by atoms with Crippen LogP contribution in [0.25, 0.3) is 10.8 Å². The van der Waals surface area contributed by atoms with Crippen LogP contribution in [-0.4, -0.2) is 47.4 Å². The van der Waals surface area contributed by atoms with E-state index in [2.05, 4.69) is 10.3 Å². The number of halogens is 2. The van der Waals surface area contributed by atoms with Crippen LogP contribution in [0.15, 0.2) is 53.5 Å². The first-order valence-electron chi connectivity index (χ1n) is 9.52. The Morgan fingerprint density at radius 1 is 1.16 bits per heavy atom. The Bertz CT molecular complexity index is 1190. The van der Waals surface area contributed by atoms with Crippen molar-refractivity contribution in [3.8, 4) is 0 Å². The summed E-state index contributed by atoms with van der Waals surface area (Å²) in [6.45, 7) is 1.56. The molecule has 1 aromatic heterocycles. The van der Waals surface area contributed by atoms with Crippen molar-refractivity contribution in [2.24, 2.45) is 0 Å². The fourth-order valence-corrected chi connectivity index (χ4v) is 3.37. The van der Waals surface area contributed by atoms with E-state index in [4.69, 9.17) is 11.6 Å². The van der Waals surface area contributed by atoms with E-state index < -0.39 is 17.9 Å². The first-order chi connectivity index (χ1) is 14.7. The highest BCUT2D eigenvalue weighted by molar-refractivity contribution is 6.31. The fraction of sp³-hybridized carbons (Fsp3) is 0.227. The third-order valence-electron chi connectivity index (χ3n) is 5.00. The van der Waals surface area contributed by atoms with Crippen molar-refractivity contribution < 1.29 is 14.0 Å². The zero-order valence-electron chi connectivity index (χ0n) is 17.3. The summed E-state index contributed by atoms with van der Waals surface area (Å²) in [5, 5.41) is 3.69. The van der Waals surface area contributed by atoms with Gasteiger partial charge in [0.2, 0.25) is 5.91 Å². The van der Waals surface area contributed by atoms with Gasteiger partial charge in [-0.15, -0.1) is 0 Å². The van der Waals surface area contributed by atoms with Crippen LogP contribution in [-0.2, 0) is 4.79 Å². The van der Waals surface area contributed by atoms with E-state index >= 15 is 0 Å². The van der Waals surface area contributed by atoms with E-state index in [9.17, 15) is 18.8 Å². The summed E-state index contributed by atoms with van der Waals surface area (Å²) >= 11 is 5.81. The Hall–Kier alpha value is -3.39. The Labute approximate surface area is 183 Å². The second kappa shape index (κ2) is 9.18. The average Bonchev–Trinajstić information content (AvgIpc) is 2.74. The number of nitrogens with zero attached hydrogens (tertiary/aromatic N) is 2. The summed E-state index contributed by atoms with van der Waals surface area (Å²) in [6.07, 6.45) is 1.55. The maximum absolute atomic E-state index is 13.5. The van der Waals surface area contributed by atoms with Gasteiger partial charge in [-0.2, -0.15) is 0 Å². The number of fused-ring (bicyclic) bond motifs is 1. The molecule has 3 rings (SSSR count). The topological polar surface area (TPSA) is 85.5 Å². The summed E-state index contributed by atoms with van der Waals surface area (Å²) < 4.78 is 13.5. The van der Waals surface area contributed by atoms with Gasteiger partial charge in [0, 0.05) is 31.4 Å². The lowest BCUT2D eigenvalue weighted by Crippen LogP contribution is -2.43. The first kappa shape index (κ1) is 22.3. The van der Waals surface area contributed by atoms with E-state index in [0.29, 0.717) is 16.3 Å². The molecule has 3 amide bonds. The summed E-state index contributed by atoms with van der Waals surface area (Å²) in [4.78, 5) is 43.1. The van der Waals surface area contributed by atoms with Crippen LogP contribution >= 0.6 is 11.6 Å². The number of aromatic amines is 1. The predicted octanol–water partition coefficient (Wildman–Crippen LogP) is 4.00. The molecule has 0 spiro atoms. The standard InChI is InChI=1S/C22H22ClFN4O3/c1-13(17-11-25-21(30)16-7-5-4-6-15(16)17)28(12-20(29)27(2)3)22(31)26-14-8-9-19(24)18(23)10-14/h4-11,13H,12H2,1-3H3,(H,25,30)(H,26,31)/t13-/m0/s1. The lowest BCUT2D eigenvalue weighted by Gasteiger charge is -2.30. The molecule has 0 fully saturated rings. The van der Waals surface area contributed by atoms with Gasteiger partial charge in [0.1, 0.15) is 12.4 Å². The number of urea groups is 1. The zero-order valence-corrected chi connectivity index (χ0v) is 18.0. The van der Waals surface area contributed by atoms with Crippen LogP contribution in [0.3, 0.4) is 0 Å². The number of amides is 3. The molecule has 31 heavy (non-hydrogen) atoms. The summed E-state index contributed by atoms with van der Waals surface area (Å²) in [5.74, 6) is -0.889. The molecule has 0 aliphatic carbocycles. The van der Waals surface area contributed by atoms with Gasteiger partial charge < -0.3 is 20.1 Å². The number of aromatic nitrogens is 1. The van der Waals surface area contributed by atoms with E-state index in [1.54, 1.807) is 51.5 Å². The number of nitrogens with one attached hydrogen (secondary N) is 2. The number of pyridine rings is 1. The fourth-order valence-electron chi connectivity index (χ4n) is 3.19. The molecule has 1 heterocycles. The molecule has 2 N–H and O–H groups in total. The number of hydrogen-bond acceptors (Lipinski definition) is 3. The molecule has 0 saturated carbocycles. The molecule has 9 heteroatoms. The number of rotatable bonds is 5. The molecule has 0 aliphatic rings. The molecule has 0 bridgehead atoms. The van der Waals surface area contributed by atoms with Gasteiger partial charge in [0.05, 0.1) is 11.1 Å². The maximum Gasteiger partial charge on any atom is 0.322 e. The van der Waals surface area contributed by atoms with Gasteiger partial charge >= 0.3 is 6.03 Å². The van der Waals surface area contributed by atoms with Crippen LogP contribution in [0, 0.1) is 5.82 Å². The molecule has 1 atom stereocenters. The van der Waals surface area contributed by atoms with Gasteiger partial charge in [-0.1, -0.05) is 29.8 Å². The number of benzene rings is 2. The molecule has 0 unspecified atom stereocenters. The molecular formula is C22H22ClFN4O3. The smallest absolute Gasteiger partial charge is 0.322 e. The minimum absolute atomic E-state index is 0.131. The van der Waals surface area contributed by atoms with Crippen molar-refractivity contribution in [2.75, 3.05) is 26.0 Å². The van der Waals surface area contributed by atoms with Crippen molar-refractivity contribution in [1.82, 2.24) is 14.8 Å². The zero-order chi connectivity index (χ0) is 22.7. The average molecular weight is 445 g/mol. The minimum Gasteiger partial charge on any atom is -0.347 e. The quantitative estimate of drug-likeness (QED) is 0.623. The monoisotopic (exact) mass is 444 g/mol. The molecule has 0 radical (unpaired) electrons. The molecule has 3 aromatic rings. The van der Waals surface area contributed by atoms with Crippen LogP contribution in [0.2, 0.25) is 5.02 Å². The van der Waals surface area contributed by atoms with Gasteiger partial charge in [-0.05, 0) is 42.1 Å². The molecule has 7 nitrogen and oxygen atoms in total. The number of anilines is 1.